The van der Waals surface area contributed by atoms with Crippen LogP contribution in [-0.2, 0) is 4.79 Å². The van der Waals surface area contributed by atoms with Crippen LogP contribution >= 0.6 is 0 Å². The average molecular weight is 506 g/mol. The molecule has 0 fully saturated rings. The number of para-hydroxylation sites is 1. The molecule has 3 aromatic carbocycles. The molecule has 0 bridgehead atoms. The third-order valence-electron chi connectivity index (χ3n) is 5.37. The van der Waals surface area contributed by atoms with E-state index in [4.69, 9.17) is 0 Å². The number of nitrogens with one attached hydrogen (secondary N) is 1. The summed E-state index contributed by atoms with van der Waals surface area (Å²) in [6.45, 7) is 20.1. The Hall–Kier alpha value is -3.53. The zero-order valence-corrected chi connectivity index (χ0v) is 23.7. The number of rotatable bonds is 8. The number of hydrogen-bond acceptors (Lipinski definition) is 2. The van der Waals surface area contributed by atoms with Crippen LogP contribution in [0.1, 0.15) is 77.2 Å². The minimum absolute atomic E-state index is 0.0150. The molecule has 0 aliphatic carbocycles. The van der Waals surface area contributed by atoms with Crippen molar-refractivity contribution in [1.29, 1.82) is 0 Å². The van der Waals surface area contributed by atoms with Crippen molar-refractivity contribution in [2.75, 3.05) is 5.32 Å². The molecule has 37 heavy (non-hydrogen) atoms. The third kappa shape index (κ3) is 10.2. The van der Waals surface area contributed by atoms with E-state index in [0.717, 1.165) is 0 Å². The van der Waals surface area contributed by atoms with Gasteiger partial charge in [-0.2, -0.15) is 0 Å². The highest BCUT2D eigenvalue weighted by atomic mass is 19.1. The van der Waals surface area contributed by atoms with Gasteiger partial charge in [-0.05, 0) is 47.9 Å². The van der Waals surface area contributed by atoms with E-state index in [0.29, 0.717) is 22.4 Å². The average Bonchev–Trinajstić information content (AvgIpc) is 2.95. The van der Waals surface area contributed by atoms with Crippen LogP contribution in [-0.4, -0.2) is 11.7 Å². The maximum Gasteiger partial charge on any atom is 0.232 e. The van der Waals surface area contributed by atoms with E-state index in [-0.39, 0.29) is 17.6 Å². The van der Waals surface area contributed by atoms with Gasteiger partial charge in [-0.15, -0.1) is 0 Å². The first kappa shape index (κ1) is 33.5. The number of anilines is 1. The Kier molecular flexibility index (Phi) is 16.9. The summed E-state index contributed by atoms with van der Waals surface area (Å²) in [5.41, 5.74) is 2.38. The van der Waals surface area contributed by atoms with Gasteiger partial charge < -0.3 is 5.32 Å². The third-order valence-corrected chi connectivity index (χ3v) is 5.37. The van der Waals surface area contributed by atoms with E-state index in [2.05, 4.69) is 11.9 Å². The molecule has 2 unspecified atom stereocenters. The molecule has 0 saturated carbocycles. The number of Topliss-reactive ketones (excluding diaryl/α,β-unsaturated/α-hetero) is 1. The number of halogens is 1. The van der Waals surface area contributed by atoms with Gasteiger partial charge in [-0.25, -0.2) is 4.39 Å². The van der Waals surface area contributed by atoms with Crippen molar-refractivity contribution in [3.8, 4) is 0 Å². The predicted octanol–water partition coefficient (Wildman–Crippen LogP) is 9.34. The Balaban J connectivity index is 0.00000201. The number of hydrogen-bond donors (Lipinski definition) is 1. The maximum atomic E-state index is 13.6. The summed E-state index contributed by atoms with van der Waals surface area (Å²) in [6, 6.07) is 23.8. The zero-order valence-electron chi connectivity index (χ0n) is 23.7. The van der Waals surface area contributed by atoms with Crippen LogP contribution in [0, 0.1) is 17.7 Å². The van der Waals surface area contributed by atoms with Gasteiger partial charge in [0.2, 0.25) is 5.91 Å². The van der Waals surface area contributed by atoms with Gasteiger partial charge in [0.05, 0.1) is 11.8 Å². The lowest BCUT2D eigenvalue weighted by atomic mass is 9.74. The zero-order chi connectivity index (χ0) is 28.4. The fourth-order valence-corrected chi connectivity index (χ4v) is 3.58. The second kappa shape index (κ2) is 18.7. The van der Waals surface area contributed by atoms with Crippen LogP contribution in [0.25, 0.3) is 0 Å². The van der Waals surface area contributed by atoms with Crippen molar-refractivity contribution in [1.82, 2.24) is 0 Å². The van der Waals surface area contributed by atoms with Crippen LogP contribution in [0.5, 0.6) is 0 Å². The number of carbonyl (C=O) groups is 2. The highest BCUT2D eigenvalue weighted by Crippen LogP contribution is 2.36. The van der Waals surface area contributed by atoms with Gasteiger partial charge in [-0.1, -0.05) is 116 Å². The molecule has 0 aliphatic rings. The van der Waals surface area contributed by atoms with E-state index in [1.165, 1.54) is 24.3 Å². The molecular formula is C33H44FNO2. The normalized spacial score (nSPS) is 11.2. The Bertz CT molecular complexity index is 1040. The molecule has 0 saturated heterocycles. The first-order valence-corrected chi connectivity index (χ1v) is 13.3. The summed E-state index contributed by atoms with van der Waals surface area (Å²) in [5.74, 6) is -2.56. The van der Waals surface area contributed by atoms with Gasteiger partial charge in [0.25, 0.3) is 0 Å². The SMILES string of the molecule is C=C(C(C)C)C(C(=O)Nc1ccccc1)C(C(=O)c1ccc(F)cc1)c1ccccc1.CC.CC.CC. The van der Waals surface area contributed by atoms with Gasteiger partial charge >= 0.3 is 0 Å². The van der Waals surface area contributed by atoms with E-state index < -0.39 is 17.7 Å². The van der Waals surface area contributed by atoms with Crippen molar-refractivity contribution >= 4 is 17.4 Å². The quantitative estimate of drug-likeness (QED) is 0.245. The molecule has 3 rings (SSSR count). The fourth-order valence-electron chi connectivity index (χ4n) is 3.58. The first-order chi connectivity index (χ1) is 17.9. The molecule has 3 nitrogen and oxygen atoms in total. The number of benzene rings is 3. The summed E-state index contributed by atoms with van der Waals surface area (Å²) in [4.78, 5) is 27.1. The monoisotopic (exact) mass is 505 g/mol. The Labute approximate surface area is 223 Å². The Morgan fingerprint density at radius 3 is 1.65 bits per heavy atom. The second-order valence-corrected chi connectivity index (χ2v) is 7.82. The minimum atomic E-state index is -0.792. The summed E-state index contributed by atoms with van der Waals surface area (Å²) >= 11 is 0. The summed E-state index contributed by atoms with van der Waals surface area (Å²) in [6.07, 6.45) is 0. The summed E-state index contributed by atoms with van der Waals surface area (Å²) < 4.78 is 13.4. The fraction of sp³-hybridized carbons (Fsp3) is 0.333. The number of amides is 1. The lowest BCUT2D eigenvalue weighted by Gasteiger charge is -2.29. The van der Waals surface area contributed by atoms with Crippen molar-refractivity contribution in [3.63, 3.8) is 0 Å². The molecule has 0 radical (unpaired) electrons. The lowest BCUT2D eigenvalue weighted by molar-refractivity contribution is -0.119. The lowest BCUT2D eigenvalue weighted by Crippen LogP contribution is -2.35. The van der Waals surface area contributed by atoms with Gasteiger partial charge in [0.15, 0.2) is 5.78 Å². The molecule has 0 aromatic heterocycles. The van der Waals surface area contributed by atoms with E-state index in [1.54, 1.807) is 12.1 Å². The molecule has 0 spiro atoms. The van der Waals surface area contributed by atoms with Crippen LogP contribution in [0.2, 0.25) is 0 Å². The van der Waals surface area contributed by atoms with Crippen molar-refractivity contribution < 1.29 is 14.0 Å². The minimum Gasteiger partial charge on any atom is -0.326 e. The standard InChI is InChI=1S/C27H26FNO2.3C2H6/c1-18(2)19(3)24(27(31)29-23-12-8-5-9-13-23)25(20-10-6-4-7-11-20)26(30)21-14-16-22(28)17-15-21;3*1-2/h4-18,24-25H,3H2,1-2H3,(H,29,31);3*1-2H3. The van der Waals surface area contributed by atoms with Crippen molar-refractivity contribution in [2.45, 2.75) is 61.3 Å². The molecule has 3 aromatic rings. The smallest absolute Gasteiger partial charge is 0.232 e. The Morgan fingerprint density at radius 1 is 0.730 bits per heavy atom. The molecule has 200 valence electrons. The number of ketones is 1. The van der Waals surface area contributed by atoms with Gasteiger partial charge in [0, 0.05) is 11.3 Å². The first-order valence-electron chi connectivity index (χ1n) is 13.3. The second-order valence-electron chi connectivity index (χ2n) is 7.82. The van der Waals surface area contributed by atoms with Crippen molar-refractivity contribution in [2.24, 2.45) is 11.8 Å². The van der Waals surface area contributed by atoms with Crippen LogP contribution in [0.4, 0.5) is 10.1 Å². The molecule has 4 heteroatoms. The van der Waals surface area contributed by atoms with Crippen LogP contribution in [0.3, 0.4) is 0 Å². The molecular weight excluding hydrogens is 461 g/mol. The molecule has 1 N–H and O–H groups in total. The van der Waals surface area contributed by atoms with Crippen LogP contribution in [0.15, 0.2) is 97.1 Å². The molecule has 1 amide bonds. The van der Waals surface area contributed by atoms with Crippen molar-refractivity contribution in [3.05, 3.63) is 114 Å². The molecule has 0 heterocycles. The topological polar surface area (TPSA) is 46.2 Å². The highest BCUT2D eigenvalue weighted by Gasteiger charge is 2.38. The van der Waals surface area contributed by atoms with Gasteiger partial charge in [0.1, 0.15) is 5.82 Å². The van der Waals surface area contributed by atoms with E-state index in [9.17, 15) is 14.0 Å². The van der Waals surface area contributed by atoms with E-state index >= 15 is 0 Å². The highest BCUT2D eigenvalue weighted by molar-refractivity contribution is 6.06. The van der Waals surface area contributed by atoms with Gasteiger partial charge in [-0.3, -0.25) is 9.59 Å². The predicted molar refractivity (Wildman–Crippen MR) is 156 cm³/mol. The van der Waals surface area contributed by atoms with Crippen LogP contribution < -0.4 is 5.32 Å². The number of carbonyl (C=O) groups excluding carboxylic acids is 2. The maximum absolute atomic E-state index is 13.6. The molecule has 2 atom stereocenters. The summed E-state index contributed by atoms with van der Waals surface area (Å²) in [7, 11) is 0. The van der Waals surface area contributed by atoms with E-state index in [1.807, 2.05) is 104 Å². The summed E-state index contributed by atoms with van der Waals surface area (Å²) in [5, 5.41) is 2.93. The molecule has 0 aliphatic heterocycles. The largest absolute Gasteiger partial charge is 0.326 e. The Morgan fingerprint density at radius 2 is 1.19 bits per heavy atom.